The van der Waals surface area contributed by atoms with E-state index < -0.39 is 0 Å². The van der Waals surface area contributed by atoms with Crippen LogP contribution in [0.5, 0.6) is 0 Å². The van der Waals surface area contributed by atoms with Crippen LogP contribution in [0.25, 0.3) is 11.0 Å². The van der Waals surface area contributed by atoms with Crippen molar-refractivity contribution in [2.24, 2.45) is 0 Å². The van der Waals surface area contributed by atoms with E-state index in [-0.39, 0.29) is 12.4 Å². The van der Waals surface area contributed by atoms with Gasteiger partial charge in [0.25, 0.3) is 0 Å². The fourth-order valence-corrected chi connectivity index (χ4v) is 2.08. The molecular formula is C10H8BrClN2O2. The van der Waals surface area contributed by atoms with Crippen molar-refractivity contribution in [1.29, 1.82) is 0 Å². The van der Waals surface area contributed by atoms with Crippen LogP contribution in [0.15, 0.2) is 16.9 Å². The number of carbonyl (C=O) groups excluding carboxylic acids is 1. The van der Waals surface area contributed by atoms with Crippen molar-refractivity contribution in [3.63, 3.8) is 0 Å². The van der Waals surface area contributed by atoms with Crippen LogP contribution in [0.2, 0.25) is 5.02 Å². The molecule has 0 aliphatic carbocycles. The lowest BCUT2D eigenvalue weighted by Crippen LogP contribution is -2.04. The second-order valence-corrected chi connectivity index (χ2v) is 4.34. The van der Waals surface area contributed by atoms with Crippen molar-refractivity contribution in [1.82, 2.24) is 9.97 Å². The summed E-state index contributed by atoms with van der Waals surface area (Å²) in [4.78, 5) is 18.3. The van der Waals surface area contributed by atoms with Gasteiger partial charge in [-0.2, -0.15) is 0 Å². The number of carbonyl (C=O) groups is 1. The van der Waals surface area contributed by atoms with E-state index in [2.05, 4.69) is 30.6 Å². The first-order valence-electron chi connectivity index (χ1n) is 4.51. The number of fused-ring (bicyclic) bond motifs is 1. The molecule has 0 aliphatic heterocycles. The summed E-state index contributed by atoms with van der Waals surface area (Å²) in [5.41, 5.74) is 2.18. The third-order valence-electron chi connectivity index (χ3n) is 2.21. The number of halogens is 2. The first kappa shape index (κ1) is 11.4. The molecule has 2 rings (SSSR count). The zero-order valence-electron chi connectivity index (χ0n) is 8.38. The fraction of sp³-hybridized carbons (Fsp3) is 0.200. The number of hydrogen-bond acceptors (Lipinski definition) is 3. The molecule has 0 atom stereocenters. The predicted molar refractivity (Wildman–Crippen MR) is 64.5 cm³/mol. The van der Waals surface area contributed by atoms with E-state index in [1.165, 1.54) is 7.11 Å². The van der Waals surface area contributed by atoms with Crippen molar-refractivity contribution in [3.05, 3.63) is 27.5 Å². The number of methoxy groups -OCH3 is 1. The number of H-pyrrole nitrogens is 1. The van der Waals surface area contributed by atoms with E-state index >= 15 is 0 Å². The van der Waals surface area contributed by atoms with Gasteiger partial charge in [-0.05, 0) is 27.6 Å². The van der Waals surface area contributed by atoms with Crippen LogP contribution >= 0.6 is 27.5 Å². The molecule has 0 unspecified atom stereocenters. The summed E-state index contributed by atoms with van der Waals surface area (Å²) in [7, 11) is 1.35. The molecule has 1 heterocycles. The van der Waals surface area contributed by atoms with E-state index in [1.807, 2.05) is 6.07 Å². The minimum absolute atomic E-state index is 0.149. The van der Waals surface area contributed by atoms with E-state index in [0.29, 0.717) is 20.8 Å². The van der Waals surface area contributed by atoms with Gasteiger partial charge in [0, 0.05) is 0 Å². The lowest BCUT2D eigenvalue weighted by Gasteiger charge is -2.02. The van der Waals surface area contributed by atoms with Crippen molar-refractivity contribution < 1.29 is 9.53 Å². The summed E-state index contributed by atoms with van der Waals surface area (Å²) in [6.07, 6.45) is 0.149. The molecule has 0 fully saturated rings. The number of ether oxygens (including phenoxy) is 1. The van der Waals surface area contributed by atoms with Gasteiger partial charge >= 0.3 is 5.97 Å². The summed E-state index contributed by atoms with van der Waals surface area (Å²) in [6.45, 7) is 0. The van der Waals surface area contributed by atoms with Gasteiger partial charge in [-0.15, -0.1) is 0 Å². The molecular weight excluding hydrogens is 295 g/mol. The average molecular weight is 304 g/mol. The van der Waals surface area contributed by atoms with E-state index in [0.717, 1.165) is 5.52 Å². The smallest absolute Gasteiger partial charge is 0.310 e. The average Bonchev–Trinajstić information content (AvgIpc) is 2.64. The molecule has 1 aromatic carbocycles. The van der Waals surface area contributed by atoms with E-state index in [4.69, 9.17) is 11.6 Å². The van der Waals surface area contributed by atoms with Crippen molar-refractivity contribution in [2.45, 2.75) is 6.42 Å². The highest BCUT2D eigenvalue weighted by molar-refractivity contribution is 9.10. The number of rotatable bonds is 2. The first-order valence-corrected chi connectivity index (χ1v) is 5.68. The molecule has 2 aromatic rings. The summed E-state index contributed by atoms with van der Waals surface area (Å²) in [6, 6.07) is 3.61. The standard InChI is InChI=1S/C10H8BrClN2O2/c1-16-7(15)4-5-2-3-6-9(8(5)12)14-10(11)13-6/h2-3H,4H2,1H3,(H,13,14). The predicted octanol–water partition coefficient (Wildman–Crippen LogP) is 2.69. The molecule has 0 radical (unpaired) electrons. The Morgan fingerprint density at radius 2 is 2.38 bits per heavy atom. The maximum atomic E-state index is 11.2. The topological polar surface area (TPSA) is 55.0 Å². The summed E-state index contributed by atoms with van der Waals surface area (Å²) in [5.74, 6) is -0.323. The molecule has 16 heavy (non-hydrogen) atoms. The Bertz CT molecular complexity index is 553. The third kappa shape index (κ3) is 2.05. The van der Waals surface area contributed by atoms with Crippen LogP contribution in [-0.2, 0) is 16.0 Å². The quantitative estimate of drug-likeness (QED) is 0.868. The van der Waals surface area contributed by atoms with Crippen LogP contribution in [0.3, 0.4) is 0 Å². The second-order valence-electron chi connectivity index (χ2n) is 3.22. The van der Waals surface area contributed by atoms with Crippen LogP contribution in [0, 0.1) is 0 Å². The number of esters is 1. The lowest BCUT2D eigenvalue weighted by molar-refractivity contribution is -0.139. The van der Waals surface area contributed by atoms with Gasteiger partial charge in [-0.3, -0.25) is 4.79 Å². The molecule has 0 aliphatic rings. The third-order valence-corrected chi connectivity index (χ3v) is 3.00. The Kier molecular flexibility index (Phi) is 3.16. The van der Waals surface area contributed by atoms with Crippen molar-refractivity contribution in [2.75, 3.05) is 7.11 Å². The highest BCUT2D eigenvalue weighted by Crippen LogP contribution is 2.27. The number of aromatic amines is 1. The van der Waals surface area contributed by atoms with Crippen LogP contribution in [-0.4, -0.2) is 23.0 Å². The largest absolute Gasteiger partial charge is 0.469 e. The van der Waals surface area contributed by atoms with Crippen molar-refractivity contribution in [3.8, 4) is 0 Å². The van der Waals surface area contributed by atoms with Gasteiger partial charge in [-0.25, -0.2) is 4.98 Å². The molecule has 0 saturated carbocycles. The van der Waals surface area contributed by atoms with Gasteiger partial charge in [0.05, 0.1) is 24.1 Å². The number of nitrogens with zero attached hydrogens (tertiary/aromatic N) is 1. The zero-order chi connectivity index (χ0) is 11.7. The molecule has 1 aromatic heterocycles. The fourth-order valence-electron chi connectivity index (χ4n) is 1.42. The maximum Gasteiger partial charge on any atom is 0.310 e. The molecule has 4 nitrogen and oxygen atoms in total. The molecule has 1 N–H and O–H groups in total. The highest BCUT2D eigenvalue weighted by atomic mass is 79.9. The normalized spacial score (nSPS) is 10.7. The van der Waals surface area contributed by atoms with Gasteiger partial charge in [-0.1, -0.05) is 17.7 Å². The SMILES string of the molecule is COC(=O)Cc1ccc2[nH]c(Br)nc2c1Cl. The zero-order valence-corrected chi connectivity index (χ0v) is 10.7. The number of hydrogen-bond donors (Lipinski definition) is 1. The summed E-state index contributed by atoms with van der Waals surface area (Å²) < 4.78 is 5.20. The second kappa shape index (κ2) is 4.43. The van der Waals surface area contributed by atoms with Crippen LogP contribution < -0.4 is 0 Å². The Balaban J connectivity index is 2.47. The molecule has 0 amide bonds. The highest BCUT2D eigenvalue weighted by Gasteiger charge is 2.12. The monoisotopic (exact) mass is 302 g/mol. The van der Waals surface area contributed by atoms with Gasteiger partial charge in [0.1, 0.15) is 5.52 Å². The molecule has 0 spiro atoms. The van der Waals surface area contributed by atoms with Crippen LogP contribution in [0.4, 0.5) is 0 Å². The minimum Gasteiger partial charge on any atom is -0.469 e. The summed E-state index contributed by atoms with van der Waals surface area (Å²) in [5, 5.41) is 0.477. The van der Waals surface area contributed by atoms with Gasteiger partial charge < -0.3 is 9.72 Å². The van der Waals surface area contributed by atoms with Crippen molar-refractivity contribution >= 4 is 44.5 Å². The maximum absolute atomic E-state index is 11.2. The number of nitrogens with one attached hydrogen (secondary N) is 1. The van der Waals surface area contributed by atoms with E-state index in [9.17, 15) is 4.79 Å². The molecule has 84 valence electrons. The Morgan fingerprint density at radius 1 is 1.62 bits per heavy atom. The van der Waals surface area contributed by atoms with Crippen LogP contribution in [0.1, 0.15) is 5.56 Å². The van der Waals surface area contributed by atoms with Gasteiger partial charge in [0.15, 0.2) is 4.73 Å². The first-order chi connectivity index (χ1) is 7.61. The number of imidazole rings is 1. The number of aromatic nitrogens is 2. The minimum atomic E-state index is -0.323. The molecule has 0 saturated heterocycles. The lowest BCUT2D eigenvalue weighted by atomic mass is 10.1. The Hall–Kier alpha value is -1.07. The summed E-state index contributed by atoms with van der Waals surface area (Å²) >= 11 is 9.38. The van der Waals surface area contributed by atoms with Gasteiger partial charge in [0.2, 0.25) is 0 Å². The van der Waals surface area contributed by atoms with E-state index in [1.54, 1.807) is 6.07 Å². The number of benzene rings is 1. The molecule has 6 heteroatoms. The molecule has 0 bridgehead atoms. The Labute approximate surface area is 105 Å². The Morgan fingerprint density at radius 3 is 3.06 bits per heavy atom.